The minimum atomic E-state index is -0.596. The molecular formula is C11H17IrN5O4. The number of imidazole rings is 1. The summed E-state index contributed by atoms with van der Waals surface area (Å²) in [4.78, 5) is 23.3. The van der Waals surface area contributed by atoms with Crippen LogP contribution in [0.3, 0.4) is 0 Å². The van der Waals surface area contributed by atoms with E-state index in [1.807, 2.05) is 0 Å². The molecule has 0 unspecified atom stereocenters. The van der Waals surface area contributed by atoms with E-state index in [0.717, 1.165) is 0 Å². The van der Waals surface area contributed by atoms with Gasteiger partial charge >= 0.3 is 0 Å². The minimum Gasteiger partial charge on any atom is -0.395 e. The third-order valence-electron chi connectivity index (χ3n) is 2.47. The van der Waals surface area contributed by atoms with E-state index in [1.54, 1.807) is 4.57 Å². The largest absolute Gasteiger partial charge is 0.395 e. The normalized spacial score (nSPS) is 9.71. The number of nitrogens with two attached hydrogens (primary N) is 2. The Bertz CT molecular complexity index is 589. The molecule has 2 heterocycles. The van der Waals surface area contributed by atoms with Crippen LogP contribution in [0.2, 0.25) is 0 Å². The smallest absolute Gasteiger partial charge is 0.250 e. The number of rotatable bonds is 5. The molecule has 0 bridgehead atoms. The first-order valence-corrected chi connectivity index (χ1v) is 5.77. The van der Waals surface area contributed by atoms with E-state index in [0.29, 0.717) is 17.0 Å². The van der Waals surface area contributed by atoms with Gasteiger partial charge in [-0.3, -0.25) is 10.1 Å². The average Bonchev–Trinajstić information content (AvgIpc) is 2.79. The van der Waals surface area contributed by atoms with E-state index < -0.39 is 5.91 Å². The van der Waals surface area contributed by atoms with E-state index in [1.165, 1.54) is 19.3 Å². The zero-order chi connectivity index (χ0) is 15.1. The fraction of sp³-hybridized carbons (Fsp3) is 0.364. The third-order valence-corrected chi connectivity index (χ3v) is 2.47. The van der Waals surface area contributed by atoms with Crippen LogP contribution in [-0.4, -0.2) is 44.5 Å². The molecule has 0 atom stereocenters. The van der Waals surface area contributed by atoms with Crippen LogP contribution in [0.15, 0.2) is 12.3 Å². The monoisotopic (exact) mass is 476 g/mol. The fourth-order valence-electron chi connectivity index (χ4n) is 1.70. The maximum atomic E-state index is 11.0. The van der Waals surface area contributed by atoms with Crippen molar-refractivity contribution >= 4 is 17.1 Å². The van der Waals surface area contributed by atoms with E-state index in [2.05, 4.69) is 20.6 Å². The Labute approximate surface area is 134 Å². The molecule has 6 N–H and O–H groups in total. The Kier molecular flexibility index (Phi) is 8.86. The molecular weight excluding hydrogens is 458 g/mol. The number of pyridine rings is 1. The summed E-state index contributed by atoms with van der Waals surface area (Å²) in [6.07, 6.45) is 1.34. The van der Waals surface area contributed by atoms with Crippen molar-refractivity contribution in [2.24, 2.45) is 11.5 Å². The van der Waals surface area contributed by atoms with Crippen LogP contribution in [0.4, 0.5) is 0 Å². The van der Waals surface area contributed by atoms with E-state index in [-0.39, 0.29) is 45.4 Å². The number of nitrogens with zero attached hydrogens (tertiary/aromatic N) is 3. The molecule has 0 saturated heterocycles. The van der Waals surface area contributed by atoms with Crippen molar-refractivity contribution in [2.75, 3.05) is 13.7 Å². The van der Waals surface area contributed by atoms with Crippen molar-refractivity contribution in [3.05, 3.63) is 23.7 Å². The number of carbonyl (C=O) groups is 1. The number of fused-ring (bicyclic) bond motifs is 1. The third kappa shape index (κ3) is 4.53. The van der Waals surface area contributed by atoms with Gasteiger partial charge in [0, 0.05) is 32.8 Å². The summed E-state index contributed by atoms with van der Waals surface area (Å²) >= 11 is 0. The molecule has 2 rings (SSSR count). The summed E-state index contributed by atoms with van der Waals surface area (Å²) in [6.45, 7) is 0.0174. The number of hydrogen-bond donors (Lipinski definition) is 4. The fourth-order valence-corrected chi connectivity index (χ4v) is 1.70. The molecule has 0 aliphatic carbocycles. The Morgan fingerprint density at radius 3 is 2.67 bits per heavy atom. The van der Waals surface area contributed by atoms with Crippen LogP contribution < -0.4 is 11.5 Å². The van der Waals surface area contributed by atoms with Gasteiger partial charge in [-0.1, -0.05) is 0 Å². The number of aliphatic hydroxyl groups excluding tert-OH is 1. The molecule has 0 aliphatic rings. The van der Waals surface area contributed by atoms with Gasteiger partial charge in [0.25, 0.3) is 0 Å². The Morgan fingerprint density at radius 2 is 2.14 bits per heavy atom. The van der Waals surface area contributed by atoms with E-state index in [4.69, 9.17) is 16.1 Å². The topological polar surface area (TPSA) is 150 Å². The standard InChI is InChI=1S/C10H12N4O4.CH5N.Ir/c11-9(16)6-3-7-10(12-4-6)14(1-2-15)8(13-7)5-18-17;1-2;/h3-4,15,17H,1-2,5H2,(H2,11,16);2H2,1H3;. The summed E-state index contributed by atoms with van der Waals surface area (Å²) in [7, 11) is 1.50. The summed E-state index contributed by atoms with van der Waals surface area (Å²) in [5.74, 6) is -0.197. The molecule has 2 aromatic heterocycles. The second-order valence-corrected chi connectivity index (χ2v) is 3.61. The molecule has 9 nitrogen and oxygen atoms in total. The first-order valence-electron chi connectivity index (χ1n) is 5.77. The molecule has 1 amide bonds. The first-order chi connectivity index (χ1) is 9.67. The van der Waals surface area contributed by atoms with Crippen molar-refractivity contribution in [2.45, 2.75) is 13.2 Å². The van der Waals surface area contributed by atoms with E-state index in [9.17, 15) is 4.79 Å². The molecule has 119 valence electrons. The molecule has 1 radical (unpaired) electrons. The quantitative estimate of drug-likeness (QED) is 0.323. The molecule has 10 heteroatoms. The maximum Gasteiger partial charge on any atom is 0.250 e. The van der Waals surface area contributed by atoms with Gasteiger partial charge in [-0.2, -0.15) is 0 Å². The molecule has 0 aromatic carbocycles. The number of carbonyl (C=O) groups excluding carboxylic acids is 1. The summed E-state index contributed by atoms with van der Waals surface area (Å²) in [5, 5.41) is 17.4. The number of aromatic nitrogens is 3. The van der Waals surface area contributed by atoms with Gasteiger partial charge < -0.3 is 21.1 Å². The van der Waals surface area contributed by atoms with Gasteiger partial charge in [-0.05, 0) is 13.1 Å². The Hall–Kier alpha value is -1.42. The van der Waals surface area contributed by atoms with Gasteiger partial charge in [-0.25, -0.2) is 14.9 Å². The molecule has 0 saturated carbocycles. The van der Waals surface area contributed by atoms with Crippen LogP contribution in [0.5, 0.6) is 0 Å². The van der Waals surface area contributed by atoms with Gasteiger partial charge in [0.05, 0.1) is 12.2 Å². The molecule has 21 heavy (non-hydrogen) atoms. The van der Waals surface area contributed by atoms with Gasteiger partial charge in [0.15, 0.2) is 5.65 Å². The number of aliphatic hydroxyl groups is 1. The number of amides is 1. The van der Waals surface area contributed by atoms with Gasteiger partial charge in [0.2, 0.25) is 5.91 Å². The summed E-state index contributed by atoms with van der Waals surface area (Å²) in [5.41, 5.74) is 10.8. The summed E-state index contributed by atoms with van der Waals surface area (Å²) < 4.78 is 1.59. The van der Waals surface area contributed by atoms with Crippen molar-refractivity contribution in [3.8, 4) is 0 Å². The van der Waals surface area contributed by atoms with Crippen LogP contribution in [-0.2, 0) is 38.1 Å². The van der Waals surface area contributed by atoms with Crippen molar-refractivity contribution in [1.29, 1.82) is 0 Å². The summed E-state index contributed by atoms with van der Waals surface area (Å²) in [6, 6.07) is 1.50. The van der Waals surface area contributed by atoms with Gasteiger partial charge in [0.1, 0.15) is 17.9 Å². The minimum absolute atomic E-state index is 0. The van der Waals surface area contributed by atoms with Crippen LogP contribution in [0, 0.1) is 0 Å². The van der Waals surface area contributed by atoms with Crippen LogP contribution in [0.25, 0.3) is 11.2 Å². The molecule has 2 aromatic rings. The van der Waals surface area contributed by atoms with Gasteiger partial charge in [-0.15, -0.1) is 0 Å². The zero-order valence-electron chi connectivity index (χ0n) is 11.3. The van der Waals surface area contributed by atoms with Crippen LogP contribution >= 0.6 is 0 Å². The Morgan fingerprint density at radius 1 is 1.48 bits per heavy atom. The predicted octanol–water partition coefficient (Wildman–Crippen LogP) is -0.915. The van der Waals surface area contributed by atoms with Crippen molar-refractivity contribution in [3.63, 3.8) is 0 Å². The maximum absolute atomic E-state index is 11.0. The number of primary amides is 1. The SMILES string of the molecule is CN.NC(=O)c1cnc2c(c1)nc(COO)n2CCO.[Ir]. The number of hydrogen-bond acceptors (Lipinski definition) is 7. The van der Waals surface area contributed by atoms with E-state index >= 15 is 0 Å². The van der Waals surface area contributed by atoms with Crippen molar-refractivity contribution < 1.29 is 40.2 Å². The average molecular weight is 476 g/mol. The second kappa shape index (κ2) is 9.50. The Balaban J connectivity index is 0.00000128. The zero-order valence-corrected chi connectivity index (χ0v) is 13.7. The first kappa shape index (κ1) is 19.6. The van der Waals surface area contributed by atoms with Crippen molar-refractivity contribution in [1.82, 2.24) is 14.5 Å². The van der Waals surface area contributed by atoms with Crippen LogP contribution in [0.1, 0.15) is 16.2 Å². The predicted molar refractivity (Wildman–Crippen MR) is 70.7 cm³/mol. The molecule has 0 aliphatic heterocycles. The second-order valence-electron chi connectivity index (χ2n) is 3.61. The molecule has 0 spiro atoms. The molecule has 0 fully saturated rings.